The van der Waals surface area contributed by atoms with Crippen molar-refractivity contribution in [1.29, 1.82) is 0 Å². The van der Waals surface area contributed by atoms with Crippen LogP contribution in [-0.2, 0) is 110 Å². The fourth-order valence-electron chi connectivity index (χ4n) is 11.4. The highest BCUT2D eigenvalue weighted by molar-refractivity contribution is 6.89. The quantitative estimate of drug-likeness (QED) is 0.0167. The summed E-state index contributed by atoms with van der Waals surface area (Å²) in [6.45, 7) is 85.3. The van der Waals surface area contributed by atoms with E-state index < -0.39 is 136 Å². The van der Waals surface area contributed by atoms with Crippen LogP contribution in [0.1, 0.15) is 149 Å². The molecule has 0 aromatic rings. The summed E-state index contributed by atoms with van der Waals surface area (Å²) in [4.78, 5) is 111. The molecule has 3 amide bonds. The molecule has 0 rings (SSSR count). The zero-order chi connectivity index (χ0) is 94.0. The van der Waals surface area contributed by atoms with E-state index in [2.05, 4.69) is 239 Å². The lowest BCUT2D eigenvalue weighted by atomic mass is 10.5. The van der Waals surface area contributed by atoms with Crippen molar-refractivity contribution in [1.82, 2.24) is 16.0 Å². The molecule has 0 radical (unpaired) electrons. The Balaban J connectivity index is -0.0000000722. The molecule has 0 unspecified atom stereocenters. The Morgan fingerprint density at radius 3 is 0.478 bits per heavy atom. The van der Waals surface area contributed by atoms with E-state index in [0.717, 1.165) is 86.2 Å². The number of ether oxygens (including phenoxy) is 10. The average molecular weight is 2130 g/mol. The van der Waals surface area contributed by atoms with Gasteiger partial charge in [-0.05, 0) is 264 Å². The Morgan fingerprint density at radius 1 is 0.194 bits per heavy atom. The maximum Gasteiger partial charge on any atom is 0.407 e. The van der Waals surface area contributed by atoms with Crippen LogP contribution in [0.5, 0.6) is 0 Å². The molecule has 30 nitrogen and oxygen atoms in total. The second kappa shape index (κ2) is 90.2. The Hall–Kier alpha value is -5.40. The minimum atomic E-state index is -2.30. The van der Waals surface area contributed by atoms with Crippen LogP contribution >= 0.6 is 0 Å². The number of alkyl carbamates (subject to hydrolysis) is 3. The molecule has 0 atom stereocenters. The third kappa shape index (κ3) is 123. The van der Waals surface area contributed by atoms with Gasteiger partial charge in [0, 0.05) is 42.5 Å². The van der Waals surface area contributed by atoms with Crippen LogP contribution < -0.4 is 16.0 Å². The van der Waals surface area contributed by atoms with Gasteiger partial charge in [0.25, 0.3) is 0 Å². The molecule has 3 N–H and O–H groups in total. The van der Waals surface area contributed by atoms with Crippen molar-refractivity contribution >= 4 is 160 Å². The molecule has 0 aromatic heterocycles. The number of hydrogen-bond acceptors (Lipinski definition) is 27. The van der Waals surface area contributed by atoms with Gasteiger partial charge in [-0.1, -0.05) is 150 Å². The Kier molecular flexibility index (Phi) is 117. The third-order valence-electron chi connectivity index (χ3n) is 14.6. The smallest absolute Gasteiger partial charge is 0.407 e. The largest absolute Gasteiger partial charge is 0.463 e. The summed E-state index contributed by atoms with van der Waals surface area (Å²) in [5.74, 6) is -3.08. The molecule has 0 aliphatic carbocycles. The molecule has 0 aliphatic rings. The van der Waals surface area contributed by atoms with Crippen LogP contribution in [-0.4, -0.2) is 246 Å². The maximum absolute atomic E-state index is 11.6. The summed E-state index contributed by atoms with van der Waals surface area (Å²) >= 11 is 0. The number of rotatable bonds is 58. The molecule has 0 aromatic carbocycles. The first kappa shape index (κ1) is 174. The van der Waals surface area contributed by atoms with Gasteiger partial charge in [-0.25, -0.2) is 47.9 Å². The number of carbonyl (C=O) groups is 10. The van der Waals surface area contributed by atoms with E-state index in [1.807, 2.05) is 0 Å². The first-order valence-electron chi connectivity index (χ1n) is 41.0. The topological polar surface area (TPSA) is 364 Å². The molecule has 134 heavy (non-hydrogen) atoms. The van der Waals surface area contributed by atoms with E-state index >= 15 is 0 Å². The van der Waals surface area contributed by atoms with Crippen LogP contribution in [0.3, 0.4) is 0 Å². The van der Waals surface area contributed by atoms with Crippen molar-refractivity contribution in [2.75, 3.05) is 85.7 Å². The highest BCUT2D eigenvalue weighted by Crippen LogP contribution is 2.29. The maximum atomic E-state index is 11.6. The Bertz CT molecular complexity index is 2970. The van der Waals surface area contributed by atoms with Crippen molar-refractivity contribution in [3.05, 3.63) is 88.6 Å². The summed E-state index contributed by atoms with van der Waals surface area (Å²) in [7, 11) is -21.7. The minimum Gasteiger partial charge on any atom is -0.463 e. The van der Waals surface area contributed by atoms with Gasteiger partial charge in [0.1, 0.15) is 19.8 Å². The standard InChI is InChI=1S/C22H40N2O9Si2.C16H35NO6Si3.C16H30O5Si2.C13H30O4Si3.C11H24O3Si2.14CH4/c1-7-19(25)29-15-11-23-21(27)31-13-9-17-34(3,4)33-35(5,6)18-10-14-32-22(28)24-12-16-30-20(26)8-2;1-9-15(18)20-13-11-17-16(19)21-12-10-14-26(8,22-24(2,3)4)23-25(5,6)7;1-7-15(17)19-11-9-13-22(3,4)21-23(5,6)14-10-12-20-16(18)8-2;1-9-13(14)15-11-10-12-20(8,16-18(2,3)4)17-19(5,6)7;1-7-11(12)13-9-8-10-16(5,6)14-15(2,3)4;;;;;;;;;;;;;;/h7-8H,1-2,9-18H2,3-6H3,(H,23,27)(H,24,28);9H,1,10-14H2,2-8H3,(H,17,19);7-8H,1-2,9-14H2,3-6H3;9H,1,10-12H2,2-8H3;7H,1,8-10H2,2-6H3;14*1H4. The number of carbonyl (C=O) groups excluding carboxylic acids is 10. The van der Waals surface area contributed by atoms with Gasteiger partial charge < -0.3 is 92.1 Å². The van der Waals surface area contributed by atoms with E-state index in [4.69, 9.17) is 76.2 Å². The minimum absolute atomic E-state index is 0. The third-order valence-corrected chi connectivity index (χ3v) is 55.2. The highest BCUT2D eigenvalue weighted by Gasteiger charge is 2.42. The summed E-state index contributed by atoms with van der Waals surface area (Å²) in [5, 5.41) is 7.54. The molecule has 0 bridgehead atoms. The second-order valence-electron chi connectivity index (χ2n) is 35.9. The second-order valence-corrected chi connectivity index (χ2v) is 88.3. The van der Waals surface area contributed by atoms with Gasteiger partial charge >= 0.3 is 77.2 Å². The van der Waals surface area contributed by atoms with Gasteiger partial charge in [-0.2, -0.15) is 0 Å². The zero-order valence-electron chi connectivity index (χ0n) is 78.6. The van der Waals surface area contributed by atoms with E-state index in [1.54, 1.807) is 0 Å². The van der Waals surface area contributed by atoms with E-state index in [0.29, 0.717) is 52.3 Å². The van der Waals surface area contributed by atoms with Gasteiger partial charge in [0.15, 0.2) is 83.2 Å². The number of nitrogens with one attached hydrogen (secondary N) is 3. The number of amides is 3. The normalized spacial score (nSPS) is 10.7. The predicted molar refractivity (Wildman–Crippen MR) is 601 cm³/mol. The van der Waals surface area contributed by atoms with Crippen molar-refractivity contribution in [2.45, 2.75) is 368 Å². The van der Waals surface area contributed by atoms with Crippen LogP contribution in [0.2, 0.25) is 219 Å². The Labute approximate surface area is 837 Å². The van der Waals surface area contributed by atoms with Crippen LogP contribution in [0, 0.1) is 0 Å². The molecule has 808 valence electrons. The van der Waals surface area contributed by atoms with Gasteiger partial charge in [0.05, 0.1) is 65.9 Å². The lowest BCUT2D eigenvalue weighted by molar-refractivity contribution is -0.138. The lowest BCUT2D eigenvalue weighted by Crippen LogP contribution is -2.52. The Morgan fingerprint density at radius 2 is 0.328 bits per heavy atom. The first-order valence-corrected chi connectivity index (χ1v) is 78.7. The molecule has 0 spiro atoms. The monoisotopic (exact) mass is 2130 g/mol. The highest BCUT2D eigenvalue weighted by atomic mass is 28.5. The molecular formula is C92H215N3O27Si12. The molecule has 0 fully saturated rings. The van der Waals surface area contributed by atoms with Crippen molar-refractivity contribution < 1.29 is 124 Å². The van der Waals surface area contributed by atoms with Gasteiger partial charge in [-0.3, -0.25) is 0 Å². The van der Waals surface area contributed by atoms with Crippen LogP contribution in [0.15, 0.2) is 88.6 Å². The predicted octanol–water partition coefficient (Wildman–Crippen LogP) is 26.3. The molecule has 0 heterocycles. The molecule has 0 saturated heterocycles. The fraction of sp³-hybridized carbons (Fsp3) is 0.739. The van der Waals surface area contributed by atoms with E-state index in [1.165, 1.54) is 24.3 Å². The SMILES string of the molecule is C.C.C.C.C.C.C.C.C.C.C.C.C.C.C=CC(=O)OCCC[Si](C)(C)O[Si](C)(C)C.C=CC(=O)OCCC[Si](C)(C)O[Si](C)(C)CCCOC(=O)C=C.C=CC(=O)OCCC[Si](C)(O[Si](C)(C)C)O[Si](C)(C)C.C=CC(=O)OCCNC(=O)OCCC[Si](C)(C)O[Si](C)(C)CCCOC(=O)NCCOC(=O)C=C.C=CC(=O)OCCNC(=O)OCCC[Si](C)(O[Si](C)(C)C)O[Si](C)(C)C. The van der Waals surface area contributed by atoms with E-state index in [-0.39, 0.29) is 181 Å². The van der Waals surface area contributed by atoms with Crippen LogP contribution in [0.25, 0.3) is 0 Å². The van der Waals surface area contributed by atoms with Crippen molar-refractivity contribution in [2.24, 2.45) is 0 Å². The lowest BCUT2D eigenvalue weighted by Gasteiger charge is -2.38. The van der Waals surface area contributed by atoms with E-state index in [9.17, 15) is 47.9 Å². The number of hydrogen-bond donors (Lipinski definition) is 3. The molecule has 0 saturated carbocycles. The van der Waals surface area contributed by atoms with Crippen molar-refractivity contribution in [3.63, 3.8) is 0 Å². The molecular weight excluding hydrogens is 1920 g/mol. The number of esters is 7. The molecule has 0 aliphatic heterocycles. The zero-order valence-corrected chi connectivity index (χ0v) is 90.6. The summed E-state index contributed by atoms with van der Waals surface area (Å²) < 4.78 is 94.3. The summed E-state index contributed by atoms with van der Waals surface area (Å²) in [6, 6.07) is 6.23. The fourth-order valence-corrected chi connectivity index (χ4v) is 62.0. The first-order chi connectivity index (χ1) is 54.8. The molecule has 42 heteroatoms. The summed E-state index contributed by atoms with van der Waals surface area (Å²) in [5.41, 5.74) is 0. The summed E-state index contributed by atoms with van der Waals surface area (Å²) in [6.07, 6.45) is 11.6. The van der Waals surface area contributed by atoms with Gasteiger partial charge in [0.2, 0.25) is 0 Å². The van der Waals surface area contributed by atoms with Gasteiger partial charge in [-0.15, -0.1) is 0 Å². The average Bonchev–Trinajstić information content (AvgIpc) is 0.853. The van der Waals surface area contributed by atoms with Crippen molar-refractivity contribution in [3.8, 4) is 0 Å². The van der Waals surface area contributed by atoms with Crippen LogP contribution in [0.4, 0.5) is 14.4 Å².